The molecule has 5 heteroatoms. The number of nitrogens with one attached hydrogen (secondary N) is 1. The van der Waals surface area contributed by atoms with Crippen LogP contribution in [-0.2, 0) is 4.79 Å². The largest absolute Gasteiger partial charge is 0.370 e. The number of primary amides is 1. The van der Waals surface area contributed by atoms with Crippen LogP contribution in [-0.4, -0.2) is 21.3 Å². The lowest BCUT2D eigenvalue weighted by Crippen LogP contribution is -2.10. The third-order valence-corrected chi connectivity index (χ3v) is 3.08. The van der Waals surface area contributed by atoms with Crippen molar-refractivity contribution in [2.45, 2.75) is 52.9 Å². The molecule has 116 valence electrons. The van der Waals surface area contributed by atoms with Gasteiger partial charge in [-0.15, -0.1) is 5.10 Å². The lowest BCUT2D eigenvalue weighted by Gasteiger charge is -2.17. The van der Waals surface area contributed by atoms with Gasteiger partial charge in [0.15, 0.2) is 0 Å². The summed E-state index contributed by atoms with van der Waals surface area (Å²) in [7, 11) is 0. The van der Waals surface area contributed by atoms with Crippen molar-refractivity contribution in [2.24, 2.45) is 11.1 Å². The number of hydrogen-bond acceptors (Lipinski definition) is 3. The number of rotatable bonds is 5. The average Bonchev–Trinajstić information content (AvgIpc) is 2.85. The summed E-state index contributed by atoms with van der Waals surface area (Å²) in [4.78, 5) is 10.4. The van der Waals surface area contributed by atoms with Gasteiger partial charge in [0.1, 0.15) is 5.52 Å². The number of nitrogens with two attached hydrogens (primary N) is 1. The topological polar surface area (TPSA) is 84.7 Å². The van der Waals surface area contributed by atoms with Crippen LogP contribution in [0, 0.1) is 5.41 Å². The Balaban J connectivity index is 0.000000216. The highest BCUT2D eigenvalue weighted by Gasteiger charge is 2.08. The van der Waals surface area contributed by atoms with E-state index in [9.17, 15) is 4.79 Å². The molecule has 0 aliphatic rings. The zero-order valence-electron chi connectivity index (χ0n) is 13.2. The summed E-state index contributed by atoms with van der Waals surface area (Å²) in [6.45, 7) is 6.71. The first-order valence-corrected chi connectivity index (χ1v) is 7.42. The molecular formula is C16H26N4O. The van der Waals surface area contributed by atoms with E-state index in [0.717, 1.165) is 23.9 Å². The van der Waals surface area contributed by atoms with Gasteiger partial charge in [0.2, 0.25) is 5.91 Å². The molecule has 2 rings (SSSR count). The highest BCUT2D eigenvalue weighted by molar-refractivity contribution is 5.73. The Morgan fingerprint density at radius 3 is 2.52 bits per heavy atom. The molecule has 1 amide bonds. The van der Waals surface area contributed by atoms with E-state index in [1.807, 2.05) is 24.3 Å². The molecular weight excluding hydrogens is 264 g/mol. The normalized spacial score (nSPS) is 11.0. The number of aromatic amines is 1. The lowest BCUT2D eigenvalue weighted by atomic mass is 9.89. The Morgan fingerprint density at radius 2 is 1.90 bits per heavy atom. The molecule has 0 unspecified atom stereocenters. The van der Waals surface area contributed by atoms with Gasteiger partial charge in [-0.05, 0) is 30.4 Å². The minimum Gasteiger partial charge on any atom is -0.370 e. The second-order valence-electron chi connectivity index (χ2n) is 6.42. The quantitative estimate of drug-likeness (QED) is 0.827. The highest BCUT2D eigenvalue weighted by atomic mass is 16.1. The number of fused-ring (bicyclic) bond motifs is 1. The molecule has 2 aromatic rings. The molecule has 3 N–H and O–H groups in total. The summed E-state index contributed by atoms with van der Waals surface area (Å²) >= 11 is 0. The molecule has 1 aromatic heterocycles. The molecule has 5 nitrogen and oxygen atoms in total. The molecule has 0 saturated carbocycles. The molecule has 0 radical (unpaired) electrons. The second kappa shape index (κ2) is 8.39. The smallest absolute Gasteiger partial charge is 0.217 e. The lowest BCUT2D eigenvalue weighted by molar-refractivity contribution is -0.118. The van der Waals surface area contributed by atoms with Crippen LogP contribution in [0.3, 0.4) is 0 Å². The van der Waals surface area contributed by atoms with Crippen molar-refractivity contribution in [1.82, 2.24) is 15.4 Å². The number of nitrogens with zero attached hydrogens (tertiary/aromatic N) is 2. The van der Waals surface area contributed by atoms with Crippen LogP contribution in [0.25, 0.3) is 11.0 Å². The summed E-state index contributed by atoms with van der Waals surface area (Å²) in [5, 5.41) is 10.2. The summed E-state index contributed by atoms with van der Waals surface area (Å²) in [5.41, 5.74) is 7.34. The highest BCUT2D eigenvalue weighted by Crippen LogP contribution is 2.22. The first kappa shape index (κ1) is 17.1. The Morgan fingerprint density at radius 1 is 1.19 bits per heavy atom. The maximum absolute atomic E-state index is 10.4. The van der Waals surface area contributed by atoms with Gasteiger partial charge in [0.05, 0.1) is 5.52 Å². The van der Waals surface area contributed by atoms with Crippen molar-refractivity contribution in [2.75, 3.05) is 0 Å². The third-order valence-electron chi connectivity index (χ3n) is 3.08. The molecule has 1 heterocycles. The van der Waals surface area contributed by atoms with Crippen molar-refractivity contribution in [3.8, 4) is 0 Å². The van der Waals surface area contributed by atoms with E-state index in [1.165, 1.54) is 12.8 Å². The van der Waals surface area contributed by atoms with Crippen LogP contribution in [0.4, 0.5) is 0 Å². The zero-order chi connectivity index (χ0) is 15.7. The van der Waals surface area contributed by atoms with Crippen LogP contribution in [0.1, 0.15) is 52.9 Å². The Bertz CT molecular complexity index is 512. The summed E-state index contributed by atoms with van der Waals surface area (Å²) in [6.07, 6.45) is 5.05. The minimum absolute atomic E-state index is 0.175. The van der Waals surface area contributed by atoms with Crippen molar-refractivity contribution >= 4 is 16.9 Å². The Kier molecular flexibility index (Phi) is 6.85. The van der Waals surface area contributed by atoms with Gasteiger partial charge < -0.3 is 5.73 Å². The summed E-state index contributed by atoms with van der Waals surface area (Å²) in [5.74, 6) is -0.175. The number of unbranched alkanes of at least 4 members (excludes halogenated alkanes) is 2. The van der Waals surface area contributed by atoms with E-state index in [2.05, 4.69) is 36.2 Å². The fourth-order valence-electron chi connectivity index (χ4n) is 1.92. The van der Waals surface area contributed by atoms with Gasteiger partial charge in [-0.2, -0.15) is 0 Å². The molecule has 0 bridgehead atoms. The van der Waals surface area contributed by atoms with Crippen LogP contribution < -0.4 is 5.73 Å². The van der Waals surface area contributed by atoms with E-state index < -0.39 is 0 Å². The number of hydrogen-bond donors (Lipinski definition) is 2. The van der Waals surface area contributed by atoms with E-state index in [-0.39, 0.29) is 5.91 Å². The fourth-order valence-corrected chi connectivity index (χ4v) is 1.92. The third kappa shape index (κ3) is 8.07. The predicted molar refractivity (Wildman–Crippen MR) is 85.6 cm³/mol. The van der Waals surface area contributed by atoms with Gasteiger partial charge in [-0.3, -0.25) is 9.89 Å². The van der Waals surface area contributed by atoms with Crippen molar-refractivity contribution in [3.05, 3.63) is 24.3 Å². The first-order valence-electron chi connectivity index (χ1n) is 7.42. The molecule has 0 atom stereocenters. The summed E-state index contributed by atoms with van der Waals surface area (Å²) < 4.78 is 0. The molecule has 0 fully saturated rings. The number of carbonyl (C=O) groups is 1. The van der Waals surface area contributed by atoms with Gasteiger partial charge in [0, 0.05) is 6.42 Å². The minimum atomic E-state index is -0.175. The fraction of sp³-hybridized carbons (Fsp3) is 0.562. The molecule has 0 spiro atoms. The summed E-state index contributed by atoms with van der Waals surface area (Å²) in [6, 6.07) is 7.74. The van der Waals surface area contributed by atoms with Gasteiger partial charge in [-0.25, -0.2) is 0 Å². The van der Waals surface area contributed by atoms with Crippen LogP contribution >= 0.6 is 0 Å². The van der Waals surface area contributed by atoms with Crippen molar-refractivity contribution in [3.63, 3.8) is 0 Å². The van der Waals surface area contributed by atoms with Crippen LogP contribution in [0.5, 0.6) is 0 Å². The van der Waals surface area contributed by atoms with Crippen LogP contribution in [0.2, 0.25) is 0 Å². The first-order chi connectivity index (χ1) is 9.88. The van der Waals surface area contributed by atoms with Gasteiger partial charge in [-0.1, -0.05) is 51.0 Å². The second-order valence-corrected chi connectivity index (χ2v) is 6.42. The van der Waals surface area contributed by atoms with E-state index >= 15 is 0 Å². The number of benzene rings is 1. The zero-order valence-corrected chi connectivity index (χ0v) is 13.2. The standard InChI is InChI=1S/C10H21NO.C6H5N3/c1-10(2,3)8-6-4-5-7-9(11)12;1-2-4-6-5(3-1)7-9-8-6/h4-8H2,1-3H3,(H2,11,12);1-4H,(H,7,8,9). The van der Waals surface area contributed by atoms with Crippen LogP contribution in [0.15, 0.2) is 24.3 Å². The van der Waals surface area contributed by atoms with Gasteiger partial charge in [0.25, 0.3) is 0 Å². The van der Waals surface area contributed by atoms with Crippen molar-refractivity contribution < 1.29 is 4.79 Å². The Labute approximate surface area is 126 Å². The molecule has 0 aliphatic heterocycles. The number of amides is 1. The molecule has 21 heavy (non-hydrogen) atoms. The maximum atomic E-state index is 10.4. The van der Waals surface area contributed by atoms with E-state index in [0.29, 0.717) is 11.8 Å². The monoisotopic (exact) mass is 290 g/mol. The molecule has 1 aromatic carbocycles. The maximum Gasteiger partial charge on any atom is 0.217 e. The van der Waals surface area contributed by atoms with Crippen molar-refractivity contribution in [1.29, 1.82) is 0 Å². The van der Waals surface area contributed by atoms with E-state index in [4.69, 9.17) is 5.73 Å². The predicted octanol–water partition coefficient (Wildman–Crippen LogP) is 3.43. The number of H-pyrrole nitrogens is 1. The average molecular weight is 290 g/mol. The van der Waals surface area contributed by atoms with E-state index in [1.54, 1.807) is 0 Å². The number of carbonyl (C=O) groups excluding carboxylic acids is 1. The number of para-hydroxylation sites is 1. The van der Waals surface area contributed by atoms with Gasteiger partial charge >= 0.3 is 0 Å². The Hall–Kier alpha value is -1.91. The molecule has 0 saturated heterocycles. The number of aromatic nitrogens is 3. The SMILES string of the molecule is CC(C)(C)CCCCCC(N)=O.c1ccc2[nH]nnc2c1. The molecule has 0 aliphatic carbocycles.